The first kappa shape index (κ1) is 13.3. The van der Waals surface area contributed by atoms with Gasteiger partial charge in [0.2, 0.25) is 5.95 Å². The molecule has 0 bridgehead atoms. The number of nitrogens with zero attached hydrogens (tertiary/aromatic N) is 2. The van der Waals surface area contributed by atoms with Crippen molar-refractivity contribution in [3.8, 4) is 11.1 Å². The summed E-state index contributed by atoms with van der Waals surface area (Å²) in [6.07, 6.45) is 3.04. The molecule has 0 radical (unpaired) electrons. The highest BCUT2D eigenvalue weighted by atomic mass is 15.0. The minimum Gasteiger partial charge on any atom is -0.383 e. The van der Waals surface area contributed by atoms with Crippen LogP contribution in [-0.4, -0.2) is 9.97 Å². The summed E-state index contributed by atoms with van der Waals surface area (Å²) in [4.78, 5) is 8.46. The molecular weight excluding hydrogens is 236 g/mol. The SMILES string of the molecule is CCCCc1nc(N)nc(N)c1-c1cccc(C)c1. The number of hydrogen-bond donors (Lipinski definition) is 2. The molecule has 0 aliphatic rings. The lowest BCUT2D eigenvalue weighted by Crippen LogP contribution is -2.07. The molecule has 19 heavy (non-hydrogen) atoms. The third-order valence-electron chi connectivity index (χ3n) is 3.10. The highest BCUT2D eigenvalue weighted by molar-refractivity contribution is 5.77. The fourth-order valence-corrected chi connectivity index (χ4v) is 2.19. The lowest BCUT2D eigenvalue weighted by Gasteiger charge is -2.12. The van der Waals surface area contributed by atoms with Crippen LogP contribution in [-0.2, 0) is 6.42 Å². The van der Waals surface area contributed by atoms with Crippen molar-refractivity contribution >= 4 is 11.8 Å². The molecule has 0 atom stereocenters. The van der Waals surface area contributed by atoms with E-state index in [9.17, 15) is 0 Å². The van der Waals surface area contributed by atoms with Gasteiger partial charge in [0.15, 0.2) is 0 Å². The van der Waals surface area contributed by atoms with Gasteiger partial charge in [0.25, 0.3) is 0 Å². The molecule has 1 heterocycles. The van der Waals surface area contributed by atoms with Crippen molar-refractivity contribution in [1.29, 1.82) is 0 Å². The summed E-state index contributed by atoms with van der Waals surface area (Å²) in [6.45, 7) is 4.21. The topological polar surface area (TPSA) is 77.8 Å². The Balaban J connectivity index is 2.54. The van der Waals surface area contributed by atoms with Crippen LogP contribution in [0.1, 0.15) is 31.0 Å². The summed E-state index contributed by atoms with van der Waals surface area (Å²) in [5.41, 5.74) is 15.9. The van der Waals surface area contributed by atoms with E-state index in [1.807, 2.05) is 12.1 Å². The number of nitrogen functional groups attached to an aromatic ring is 2. The fraction of sp³-hybridized carbons (Fsp3) is 0.333. The van der Waals surface area contributed by atoms with Crippen molar-refractivity contribution in [3.05, 3.63) is 35.5 Å². The van der Waals surface area contributed by atoms with Crippen LogP contribution in [0.4, 0.5) is 11.8 Å². The molecule has 100 valence electrons. The average molecular weight is 256 g/mol. The van der Waals surface area contributed by atoms with Gasteiger partial charge >= 0.3 is 0 Å². The van der Waals surface area contributed by atoms with Crippen LogP contribution in [0.3, 0.4) is 0 Å². The third kappa shape index (κ3) is 3.02. The zero-order valence-electron chi connectivity index (χ0n) is 11.5. The summed E-state index contributed by atoms with van der Waals surface area (Å²) in [6, 6.07) is 8.21. The first-order valence-corrected chi connectivity index (χ1v) is 6.60. The van der Waals surface area contributed by atoms with Crippen molar-refractivity contribution in [2.24, 2.45) is 0 Å². The maximum absolute atomic E-state index is 6.04. The lowest BCUT2D eigenvalue weighted by atomic mass is 10.00. The molecule has 0 amide bonds. The van der Waals surface area contributed by atoms with Crippen molar-refractivity contribution in [1.82, 2.24) is 9.97 Å². The van der Waals surface area contributed by atoms with Gasteiger partial charge in [-0.3, -0.25) is 0 Å². The highest BCUT2D eigenvalue weighted by Crippen LogP contribution is 2.29. The molecule has 0 aliphatic carbocycles. The summed E-state index contributed by atoms with van der Waals surface area (Å²) in [5.74, 6) is 0.712. The van der Waals surface area contributed by atoms with E-state index in [4.69, 9.17) is 11.5 Å². The number of nitrogens with two attached hydrogens (primary N) is 2. The molecule has 4 heteroatoms. The van der Waals surface area contributed by atoms with E-state index in [1.54, 1.807) is 0 Å². The largest absolute Gasteiger partial charge is 0.383 e. The number of hydrogen-bond acceptors (Lipinski definition) is 4. The van der Waals surface area contributed by atoms with Gasteiger partial charge in [-0.2, -0.15) is 4.98 Å². The van der Waals surface area contributed by atoms with Crippen molar-refractivity contribution in [2.75, 3.05) is 11.5 Å². The van der Waals surface area contributed by atoms with Gasteiger partial charge in [-0.15, -0.1) is 0 Å². The molecule has 1 aromatic carbocycles. The summed E-state index contributed by atoms with van der Waals surface area (Å²) >= 11 is 0. The van der Waals surface area contributed by atoms with Crippen LogP contribution in [0.5, 0.6) is 0 Å². The molecule has 2 rings (SSSR count). The molecule has 0 saturated carbocycles. The monoisotopic (exact) mass is 256 g/mol. The first-order chi connectivity index (χ1) is 9.11. The van der Waals surface area contributed by atoms with Crippen molar-refractivity contribution < 1.29 is 0 Å². The van der Waals surface area contributed by atoms with Crippen LogP contribution >= 0.6 is 0 Å². The van der Waals surface area contributed by atoms with Gasteiger partial charge in [-0.1, -0.05) is 43.2 Å². The molecule has 4 nitrogen and oxygen atoms in total. The maximum Gasteiger partial charge on any atom is 0.222 e. The van der Waals surface area contributed by atoms with E-state index in [1.165, 1.54) is 5.56 Å². The van der Waals surface area contributed by atoms with Gasteiger partial charge < -0.3 is 11.5 Å². The smallest absolute Gasteiger partial charge is 0.222 e. The van der Waals surface area contributed by atoms with Crippen LogP contribution < -0.4 is 11.5 Å². The number of aryl methyl sites for hydroxylation is 2. The Labute approximate surface area is 113 Å². The maximum atomic E-state index is 6.04. The molecule has 1 aromatic heterocycles. The summed E-state index contributed by atoms with van der Waals surface area (Å²) in [5, 5.41) is 0. The fourth-order valence-electron chi connectivity index (χ4n) is 2.19. The Bertz CT molecular complexity index is 578. The van der Waals surface area contributed by atoms with E-state index in [2.05, 4.69) is 35.9 Å². The Morgan fingerprint density at radius 1 is 1.16 bits per heavy atom. The molecule has 0 aliphatic heterocycles. The van der Waals surface area contributed by atoms with E-state index in [-0.39, 0.29) is 5.95 Å². The molecular formula is C15H20N4. The van der Waals surface area contributed by atoms with Gasteiger partial charge in [0, 0.05) is 5.56 Å². The Hall–Kier alpha value is -2.10. The second-order valence-electron chi connectivity index (χ2n) is 4.76. The number of benzene rings is 1. The normalized spacial score (nSPS) is 10.6. The van der Waals surface area contributed by atoms with E-state index < -0.39 is 0 Å². The van der Waals surface area contributed by atoms with E-state index in [0.717, 1.165) is 36.1 Å². The Morgan fingerprint density at radius 3 is 2.63 bits per heavy atom. The minimum absolute atomic E-state index is 0.250. The van der Waals surface area contributed by atoms with Gasteiger partial charge in [0.1, 0.15) is 5.82 Å². The van der Waals surface area contributed by atoms with Gasteiger partial charge in [-0.25, -0.2) is 4.98 Å². The number of aromatic nitrogens is 2. The predicted molar refractivity (Wildman–Crippen MR) is 79.6 cm³/mol. The molecule has 2 aromatic rings. The number of unbranched alkanes of at least 4 members (excludes halogenated alkanes) is 1. The Morgan fingerprint density at radius 2 is 1.95 bits per heavy atom. The Kier molecular flexibility index (Phi) is 4.00. The zero-order chi connectivity index (χ0) is 13.8. The van der Waals surface area contributed by atoms with Gasteiger partial charge in [0.05, 0.1) is 5.69 Å². The second-order valence-corrected chi connectivity index (χ2v) is 4.76. The second kappa shape index (κ2) is 5.69. The highest BCUT2D eigenvalue weighted by Gasteiger charge is 2.13. The lowest BCUT2D eigenvalue weighted by molar-refractivity contribution is 0.777. The quantitative estimate of drug-likeness (QED) is 0.881. The summed E-state index contributed by atoms with van der Waals surface area (Å²) in [7, 11) is 0. The van der Waals surface area contributed by atoms with Gasteiger partial charge in [-0.05, 0) is 25.3 Å². The van der Waals surface area contributed by atoms with E-state index in [0.29, 0.717) is 5.82 Å². The first-order valence-electron chi connectivity index (χ1n) is 6.60. The average Bonchev–Trinajstić information content (AvgIpc) is 2.35. The standard InChI is InChI=1S/C15H20N4/c1-3-4-8-12-13(14(16)19-15(17)18-12)11-7-5-6-10(2)9-11/h5-7,9H,3-4,8H2,1-2H3,(H4,16,17,18,19). The van der Waals surface area contributed by atoms with Crippen LogP contribution in [0.15, 0.2) is 24.3 Å². The summed E-state index contributed by atoms with van der Waals surface area (Å²) < 4.78 is 0. The minimum atomic E-state index is 0.250. The molecule has 0 spiro atoms. The van der Waals surface area contributed by atoms with E-state index >= 15 is 0 Å². The molecule has 4 N–H and O–H groups in total. The van der Waals surface area contributed by atoms with Crippen LogP contribution in [0.2, 0.25) is 0 Å². The number of rotatable bonds is 4. The zero-order valence-corrected chi connectivity index (χ0v) is 11.5. The molecule has 0 saturated heterocycles. The van der Waals surface area contributed by atoms with Crippen LogP contribution in [0.25, 0.3) is 11.1 Å². The van der Waals surface area contributed by atoms with Crippen molar-refractivity contribution in [2.45, 2.75) is 33.1 Å². The third-order valence-corrected chi connectivity index (χ3v) is 3.10. The molecule has 0 fully saturated rings. The van der Waals surface area contributed by atoms with Crippen LogP contribution in [0, 0.1) is 6.92 Å². The predicted octanol–water partition coefficient (Wildman–Crippen LogP) is 2.96. The molecule has 0 unspecified atom stereocenters. The van der Waals surface area contributed by atoms with Crippen molar-refractivity contribution in [3.63, 3.8) is 0 Å². The number of anilines is 2.